The molecule has 2 aromatic rings. The predicted octanol–water partition coefficient (Wildman–Crippen LogP) is 2.59. The largest absolute Gasteiger partial charge is 0.486 e. The standard InChI is InChI=1S/C15H14FNO2/c16-13-6-2-1-4-11(13)12-5-3-7-14-15(12)19-10(8-17)9-18-14/h1-7,10H,8-9,17H2/t10-/m1/s1. The normalized spacial score (nSPS) is 17.3. The smallest absolute Gasteiger partial charge is 0.169 e. The monoisotopic (exact) mass is 259 g/mol. The Bertz CT molecular complexity index is 600. The second-order valence-electron chi connectivity index (χ2n) is 4.40. The number of halogens is 1. The van der Waals surface area contributed by atoms with Crippen molar-refractivity contribution in [2.45, 2.75) is 6.10 Å². The predicted molar refractivity (Wildman–Crippen MR) is 70.8 cm³/mol. The number of fused-ring (bicyclic) bond motifs is 1. The van der Waals surface area contributed by atoms with Gasteiger partial charge in [0.05, 0.1) is 0 Å². The van der Waals surface area contributed by atoms with Crippen LogP contribution >= 0.6 is 0 Å². The fourth-order valence-corrected chi connectivity index (χ4v) is 2.14. The van der Waals surface area contributed by atoms with E-state index in [1.807, 2.05) is 18.2 Å². The van der Waals surface area contributed by atoms with Crippen LogP contribution in [-0.4, -0.2) is 19.3 Å². The first-order valence-electron chi connectivity index (χ1n) is 6.17. The minimum Gasteiger partial charge on any atom is -0.486 e. The summed E-state index contributed by atoms with van der Waals surface area (Å²) in [4.78, 5) is 0. The van der Waals surface area contributed by atoms with Gasteiger partial charge in [-0.15, -0.1) is 0 Å². The van der Waals surface area contributed by atoms with E-state index in [2.05, 4.69) is 0 Å². The van der Waals surface area contributed by atoms with Crippen LogP contribution in [0, 0.1) is 5.82 Å². The first-order valence-corrected chi connectivity index (χ1v) is 6.17. The van der Waals surface area contributed by atoms with Gasteiger partial charge in [-0.3, -0.25) is 0 Å². The Kier molecular flexibility index (Phi) is 3.09. The Balaban J connectivity index is 2.11. The van der Waals surface area contributed by atoms with Gasteiger partial charge in [-0.05, 0) is 12.1 Å². The van der Waals surface area contributed by atoms with Crippen molar-refractivity contribution in [3.63, 3.8) is 0 Å². The van der Waals surface area contributed by atoms with Crippen LogP contribution < -0.4 is 15.2 Å². The number of ether oxygens (including phenoxy) is 2. The fraction of sp³-hybridized carbons (Fsp3) is 0.200. The molecule has 0 spiro atoms. The zero-order chi connectivity index (χ0) is 13.2. The number of benzene rings is 2. The molecule has 0 aromatic heterocycles. The highest BCUT2D eigenvalue weighted by Gasteiger charge is 2.23. The van der Waals surface area contributed by atoms with E-state index in [0.29, 0.717) is 35.8 Å². The summed E-state index contributed by atoms with van der Waals surface area (Å²) >= 11 is 0. The summed E-state index contributed by atoms with van der Waals surface area (Å²) < 4.78 is 25.3. The maximum absolute atomic E-state index is 13.9. The molecule has 0 bridgehead atoms. The number of para-hydroxylation sites is 1. The molecule has 0 saturated heterocycles. The lowest BCUT2D eigenvalue weighted by atomic mass is 10.0. The van der Waals surface area contributed by atoms with Crippen LogP contribution in [0.15, 0.2) is 42.5 Å². The summed E-state index contributed by atoms with van der Waals surface area (Å²) in [6.07, 6.45) is -0.194. The van der Waals surface area contributed by atoms with E-state index < -0.39 is 0 Å². The third kappa shape index (κ3) is 2.15. The second kappa shape index (κ2) is 4.90. The van der Waals surface area contributed by atoms with E-state index in [-0.39, 0.29) is 11.9 Å². The van der Waals surface area contributed by atoms with Crippen LogP contribution in [0.25, 0.3) is 11.1 Å². The fourth-order valence-electron chi connectivity index (χ4n) is 2.14. The highest BCUT2D eigenvalue weighted by Crippen LogP contribution is 2.41. The molecule has 2 aromatic carbocycles. The first kappa shape index (κ1) is 12.0. The minimum atomic E-state index is -0.283. The summed E-state index contributed by atoms with van der Waals surface area (Å²) in [7, 11) is 0. The van der Waals surface area contributed by atoms with E-state index in [1.54, 1.807) is 18.2 Å². The van der Waals surface area contributed by atoms with Crippen LogP contribution in [0.2, 0.25) is 0 Å². The molecule has 2 N–H and O–H groups in total. The molecule has 98 valence electrons. The molecule has 0 unspecified atom stereocenters. The topological polar surface area (TPSA) is 44.5 Å². The zero-order valence-electron chi connectivity index (χ0n) is 10.3. The van der Waals surface area contributed by atoms with Crippen molar-refractivity contribution < 1.29 is 13.9 Å². The minimum absolute atomic E-state index is 0.194. The van der Waals surface area contributed by atoms with Gasteiger partial charge in [0.15, 0.2) is 11.5 Å². The van der Waals surface area contributed by atoms with Gasteiger partial charge < -0.3 is 15.2 Å². The van der Waals surface area contributed by atoms with Crippen molar-refractivity contribution in [3.8, 4) is 22.6 Å². The third-order valence-corrected chi connectivity index (χ3v) is 3.12. The van der Waals surface area contributed by atoms with Gasteiger partial charge in [0, 0.05) is 17.7 Å². The van der Waals surface area contributed by atoms with Crippen molar-refractivity contribution in [1.82, 2.24) is 0 Å². The molecule has 0 aliphatic carbocycles. The van der Waals surface area contributed by atoms with Crippen LogP contribution in [0.1, 0.15) is 0 Å². The SMILES string of the molecule is NC[C@@H]1COc2cccc(-c3ccccc3F)c2O1. The molecular formula is C15H14FNO2. The van der Waals surface area contributed by atoms with Crippen LogP contribution in [0.4, 0.5) is 4.39 Å². The molecule has 1 atom stereocenters. The van der Waals surface area contributed by atoms with Gasteiger partial charge in [-0.1, -0.05) is 30.3 Å². The molecule has 0 radical (unpaired) electrons. The molecule has 1 heterocycles. The van der Waals surface area contributed by atoms with Crippen LogP contribution in [0.3, 0.4) is 0 Å². The quantitative estimate of drug-likeness (QED) is 0.901. The summed E-state index contributed by atoms with van der Waals surface area (Å²) in [5.74, 6) is 0.911. The summed E-state index contributed by atoms with van der Waals surface area (Å²) in [6, 6.07) is 12.1. The van der Waals surface area contributed by atoms with E-state index in [4.69, 9.17) is 15.2 Å². The molecule has 1 aliphatic heterocycles. The molecule has 19 heavy (non-hydrogen) atoms. The highest BCUT2D eigenvalue weighted by atomic mass is 19.1. The Morgan fingerprint density at radius 1 is 1.11 bits per heavy atom. The van der Waals surface area contributed by atoms with Gasteiger partial charge in [0.2, 0.25) is 0 Å². The van der Waals surface area contributed by atoms with E-state index in [1.165, 1.54) is 6.07 Å². The van der Waals surface area contributed by atoms with Gasteiger partial charge in [-0.2, -0.15) is 0 Å². The van der Waals surface area contributed by atoms with Crippen molar-refractivity contribution in [2.24, 2.45) is 5.73 Å². The first-order chi connectivity index (χ1) is 9.29. The van der Waals surface area contributed by atoms with Gasteiger partial charge in [0.25, 0.3) is 0 Å². The average Bonchev–Trinajstić information content (AvgIpc) is 2.47. The summed E-state index contributed by atoms with van der Waals surface area (Å²) in [6.45, 7) is 0.787. The van der Waals surface area contributed by atoms with Gasteiger partial charge in [0.1, 0.15) is 18.5 Å². The number of rotatable bonds is 2. The number of nitrogens with two attached hydrogens (primary N) is 1. The summed E-state index contributed by atoms with van der Waals surface area (Å²) in [5.41, 5.74) is 6.79. The zero-order valence-corrected chi connectivity index (χ0v) is 10.3. The molecule has 0 amide bonds. The highest BCUT2D eigenvalue weighted by molar-refractivity contribution is 5.74. The Morgan fingerprint density at radius 3 is 2.68 bits per heavy atom. The molecule has 1 aliphatic rings. The van der Waals surface area contributed by atoms with Crippen molar-refractivity contribution in [2.75, 3.05) is 13.2 Å². The molecule has 0 saturated carbocycles. The van der Waals surface area contributed by atoms with E-state index >= 15 is 0 Å². The van der Waals surface area contributed by atoms with Gasteiger partial charge in [-0.25, -0.2) is 4.39 Å². The third-order valence-electron chi connectivity index (χ3n) is 3.12. The molecule has 3 nitrogen and oxygen atoms in total. The Hall–Kier alpha value is -2.07. The second-order valence-corrected chi connectivity index (χ2v) is 4.40. The Labute approximate surface area is 110 Å². The van der Waals surface area contributed by atoms with E-state index in [0.717, 1.165) is 0 Å². The number of hydrogen-bond donors (Lipinski definition) is 1. The molecule has 0 fully saturated rings. The maximum Gasteiger partial charge on any atom is 0.169 e. The van der Waals surface area contributed by atoms with Crippen molar-refractivity contribution in [3.05, 3.63) is 48.3 Å². The average molecular weight is 259 g/mol. The van der Waals surface area contributed by atoms with Crippen LogP contribution in [0.5, 0.6) is 11.5 Å². The maximum atomic E-state index is 13.9. The molecule has 4 heteroatoms. The lowest BCUT2D eigenvalue weighted by molar-refractivity contribution is 0.0976. The van der Waals surface area contributed by atoms with Crippen molar-refractivity contribution >= 4 is 0 Å². The van der Waals surface area contributed by atoms with Crippen molar-refractivity contribution in [1.29, 1.82) is 0 Å². The van der Waals surface area contributed by atoms with Gasteiger partial charge >= 0.3 is 0 Å². The van der Waals surface area contributed by atoms with E-state index in [9.17, 15) is 4.39 Å². The lowest BCUT2D eigenvalue weighted by Gasteiger charge is -2.27. The van der Waals surface area contributed by atoms with Crippen LogP contribution in [-0.2, 0) is 0 Å². The summed E-state index contributed by atoms with van der Waals surface area (Å²) in [5, 5.41) is 0. The molecular weight excluding hydrogens is 245 g/mol. The molecule has 3 rings (SSSR count). The lowest BCUT2D eigenvalue weighted by Crippen LogP contribution is -2.35. The Morgan fingerprint density at radius 2 is 1.89 bits per heavy atom. The number of hydrogen-bond acceptors (Lipinski definition) is 3.